The van der Waals surface area contributed by atoms with E-state index in [9.17, 15) is 31.5 Å². The fourth-order valence-corrected chi connectivity index (χ4v) is 6.26. The number of sulfonamides is 1. The zero-order chi connectivity index (χ0) is 31.2. The monoisotopic (exact) mass is 621 g/mol. The summed E-state index contributed by atoms with van der Waals surface area (Å²) in [7, 11) is -4.38. The van der Waals surface area contributed by atoms with Crippen molar-refractivity contribution >= 4 is 27.5 Å². The normalized spacial score (nSPS) is 20.5. The van der Waals surface area contributed by atoms with E-state index in [0.717, 1.165) is 24.3 Å². The largest absolute Gasteiger partial charge is 0.573 e. The maximum Gasteiger partial charge on any atom is 0.573 e. The third-order valence-electron chi connectivity index (χ3n) is 6.76. The van der Waals surface area contributed by atoms with Crippen LogP contribution in [0.3, 0.4) is 0 Å². The minimum atomic E-state index is -4.94. The minimum absolute atomic E-state index is 0.0273. The topological polar surface area (TPSA) is 118 Å². The van der Waals surface area contributed by atoms with Gasteiger partial charge in [-0.05, 0) is 69.3 Å². The molecule has 0 aliphatic carbocycles. The molecule has 3 atom stereocenters. The third-order valence-corrected chi connectivity index (χ3v) is 8.26. The first-order valence-electron chi connectivity index (χ1n) is 13.3. The van der Waals surface area contributed by atoms with Crippen LogP contribution in [-0.2, 0) is 14.8 Å². The summed E-state index contributed by atoms with van der Waals surface area (Å²) < 4.78 is 82.4. The molecule has 5 rings (SSSR count). The first kappa shape index (κ1) is 30.4. The summed E-state index contributed by atoms with van der Waals surface area (Å²) in [4.78, 5) is 16.0. The second kappa shape index (κ2) is 11.2. The number of benzene rings is 3. The van der Waals surface area contributed by atoms with Crippen LogP contribution in [0.5, 0.6) is 17.2 Å². The van der Waals surface area contributed by atoms with E-state index >= 15 is 0 Å². The number of amides is 1. The zero-order valence-corrected chi connectivity index (χ0v) is 24.2. The number of nitrogens with zero attached hydrogens (tertiary/aromatic N) is 2. The number of likely N-dealkylation sites (tertiary alicyclic amines) is 1. The molecule has 1 amide bonds. The second-order valence-electron chi connectivity index (χ2n) is 11.1. The van der Waals surface area contributed by atoms with Crippen molar-refractivity contribution in [3.63, 3.8) is 0 Å². The van der Waals surface area contributed by atoms with Crippen molar-refractivity contribution in [2.24, 2.45) is 0 Å². The molecule has 14 heteroatoms. The molecule has 230 valence electrons. The molecule has 0 aromatic heterocycles. The Balaban J connectivity index is 1.50. The lowest BCUT2D eigenvalue weighted by Gasteiger charge is -2.48. The molecular formula is C29H30F3N3O7S. The summed E-state index contributed by atoms with van der Waals surface area (Å²) in [5.74, 6) is 0.409. The van der Waals surface area contributed by atoms with Gasteiger partial charge in [0.15, 0.2) is 11.5 Å². The van der Waals surface area contributed by atoms with Crippen molar-refractivity contribution in [1.82, 2.24) is 9.62 Å². The average Bonchev–Trinajstić information content (AvgIpc) is 2.91. The van der Waals surface area contributed by atoms with Gasteiger partial charge in [0.2, 0.25) is 10.0 Å². The fourth-order valence-electron chi connectivity index (χ4n) is 5.02. The van der Waals surface area contributed by atoms with Crippen LogP contribution in [0.25, 0.3) is 0 Å². The molecule has 0 saturated carbocycles. The van der Waals surface area contributed by atoms with Gasteiger partial charge < -0.3 is 29.1 Å². The van der Waals surface area contributed by atoms with E-state index in [1.54, 1.807) is 74.2 Å². The first-order valence-corrected chi connectivity index (χ1v) is 14.8. The van der Waals surface area contributed by atoms with Crippen LogP contribution >= 0.6 is 0 Å². The Kier molecular flexibility index (Phi) is 7.96. The zero-order valence-electron chi connectivity index (χ0n) is 23.4. The number of nitrogens with one attached hydrogen (secondary N) is 1. The number of hydrogen-bond donors (Lipinski definition) is 2. The Hall–Kier alpha value is -4.01. The summed E-state index contributed by atoms with van der Waals surface area (Å²) >= 11 is 0. The maximum absolute atomic E-state index is 13.4. The third kappa shape index (κ3) is 6.81. The van der Waals surface area contributed by atoms with Gasteiger partial charge in [0.05, 0.1) is 34.5 Å². The van der Waals surface area contributed by atoms with Crippen molar-refractivity contribution in [1.29, 1.82) is 0 Å². The molecule has 0 bridgehead atoms. The van der Waals surface area contributed by atoms with Crippen LogP contribution in [0.4, 0.5) is 29.3 Å². The molecule has 3 aromatic rings. The molecule has 0 radical (unpaired) electrons. The lowest BCUT2D eigenvalue weighted by Crippen LogP contribution is -2.66. The van der Waals surface area contributed by atoms with E-state index in [1.807, 2.05) is 0 Å². The van der Waals surface area contributed by atoms with Crippen molar-refractivity contribution < 1.29 is 45.7 Å². The van der Waals surface area contributed by atoms with Crippen LogP contribution in [-0.4, -0.2) is 67.8 Å². The number of hydrogen-bond acceptors (Lipinski definition) is 8. The van der Waals surface area contributed by atoms with Gasteiger partial charge >= 0.3 is 12.5 Å². The molecule has 43 heavy (non-hydrogen) atoms. The van der Waals surface area contributed by atoms with Crippen molar-refractivity contribution in [3.8, 4) is 17.2 Å². The molecule has 1 fully saturated rings. The Morgan fingerprint density at radius 2 is 1.49 bits per heavy atom. The Morgan fingerprint density at radius 1 is 0.930 bits per heavy atom. The van der Waals surface area contributed by atoms with E-state index in [1.165, 1.54) is 4.90 Å². The quantitative estimate of drug-likeness (QED) is 0.402. The number of piperidine rings is 1. The standard InChI is InChI=1S/C29H30F3N3O7S/c1-28(2,3)42-27(37)34-16-20(33-43(38,39)19-14-12-18(13-15-19)41-29(30,31)32)26(36)23(17-34)35-21-8-4-6-10-24(21)40-25-11-7-5-9-22(25)35/h4-15,20,23,26,33,36H,16-17H2,1-3H3/t20-,23+,26+/m1/s1. The van der Waals surface area contributed by atoms with Gasteiger partial charge in [0.25, 0.3) is 0 Å². The van der Waals surface area contributed by atoms with Crippen LogP contribution in [0, 0.1) is 0 Å². The van der Waals surface area contributed by atoms with Crippen LogP contribution in [0.15, 0.2) is 77.7 Å². The Bertz CT molecular complexity index is 1550. The minimum Gasteiger partial charge on any atom is -0.453 e. The van der Waals surface area contributed by atoms with E-state index in [2.05, 4.69) is 9.46 Å². The highest BCUT2D eigenvalue weighted by atomic mass is 32.2. The Labute approximate surface area is 246 Å². The number of alkyl halides is 3. The molecule has 1 saturated heterocycles. The van der Waals surface area contributed by atoms with E-state index in [-0.39, 0.29) is 18.0 Å². The highest BCUT2D eigenvalue weighted by Gasteiger charge is 2.45. The van der Waals surface area contributed by atoms with E-state index in [4.69, 9.17) is 9.47 Å². The molecule has 0 unspecified atom stereocenters. The number of carbonyl (C=O) groups is 1. The summed E-state index contributed by atoms with van der Waals surface area (Å²) in [5.41, 5.74) is 0.340. The van der Waals surface area contributed by atoms with E-state index in [0.29, 0.717) is 22.9 Å². The highest BCUT2D eigenvalue weighted by Crippen LogP contribution is 2.48. The number of ether oxygens (including phenoxy) is 3. The summed E-state index contributed by atoms with van der Waals surface area (Å²) in [5, 5.41) is 11.7. The number of aliphatic hydroxyl groups excluding tert-OH is 1. The number of carbonyl (C=O) groups excluding carboxylic acids is 1. The summed E-state index contributed by atoms with van der Waals surface area (Å²) in [6.07, 6.45) is -7.01. The lowest BCUT2D eigenvalue weighted by molar-refractivity contribution is -0.274. The lowest BCUT2D eigenvalue weighted by atomic mass is 9.94. The molecule has 2 aliphatic rings. The van der Waals surface area contributed by atoms with Gasteiger partial charge in [-0.2, -0.15) is 0 Å². The predicted molar refractivity (Wildman–Crippen MR) is 150 cm³/mol. The SMILES string of the molecule is CC(C)(C)OC(=O)N1C[C@@H](NS(=O)(=O)c2ccc(OC(F)(F)F)cc2)[C@H](O)[C@@H](N2c3ccccc3Oc3ccccc32)C1. The van der Waals surface area contributed by atoms with Crippen molar-refractivity contribution in [3.05, 3.63) is 72.8 Å². The number of aliphatic hydroxyl groups is 1. The fraction of sp³-hybridized carbons (Fsp3) is 0.345. The van der Waals surface area contributed by atoms with E-state index < -0.39 is 52.0 Å². The number of halogens is 3. The summed E-state index contributed by atoms with van der Waals surface area (Å²) in [6, 6.07) is 15.8. The van der Waals surface area contributed by atoms with Gasteiger partial charge in [-0.1, -0.05) is 24.3 Å². The number of anilines is 2. The molecule has 2 heterocycles. The first-order chi connectivity index (χ1) is 20.1. The smallest absolute Gasteiger partial charge is 0.453 e. The number of para-hydroxylation sites is 4. The van der Waals surface area contributed by atoms with Crippen LogP contribution < -0.4 is 19.1 Å². The van der Waals surface area contributed by atoms with Gasteiger partial charge in [-0.25, -0.2) is 17.9 Å². The van der Waals surface area contributed by atoms with Gasteiger partial charge in [-0.3, -0.25) is 0 Å². The van der Waals surface area contributed by atoms with Crippen LogP contribution in [0.2, 0.25) is 0 Å². The Morgan fingerprint density at radius 3 is 2.02 bits per heavy atom. The second-order valence-corrected chi connectivity index (χ2v) is 12.8. The molecule has 3 aromatic carbocycles. The molecule has 10 nitrogen and oxygen atoms in total. The predicted octanol–water partition coefficient (Wildman–Crippen LogP) is 5.16. The van der Waals surface area contributed by atoms with Gasteiger partial charge in [-0.15, -0.1) is 13.2 Å². The average molecular weight is 622 g/mol. The highest BCUT2D eigenvalue weighted by molar-refractivity contribution is 7.89. The molecular weight excluding hydrogens is 591 g/mol. The number of rotatable bonds is 5. The van der Waals surface area contributed by atoms with Crippen molar-refractivity contribution in [2.75, 3.05) is 18.0 Å². The molecule has 2 aliphatic heterocycles. The maximum atomic E-state index is 13.4. The van der Waals surface area contributed by atoms with Crippen molar-refractivity contribution in [2.45, 2.75) is 55.8 Å². The van der Waals surface area contributed by atoms with Gasteiger partial charge in [0.1, 0.15) is 11.4 Å². The number of fused-ring (bicyclic) bond motifs is 2. The molecule has 2 N–H and O–H groups in total. The van der Waals surface area contributed by atoms with Gasteiger partial charge in [0, 0.05) is 13.1 Å². The van der Waals surface area contributed by atoms with Crippen LogP contribution in [0.1, 0.15) is 20.8 Å². The molecule has 0 spiro atoms. The summed E-state index contributed by atoms with van der Waals surface area (Å²) in [6.45, 7) is 4.82.